The van der Waals surface area contributed by atoms with E-state index in [1.54, 1.807) is 12.1 Å². The maximum Gasteiger partial charge on any atom is 0.0727 e. The molecule has 0 aromatic heterocycles. The Labute approximate surface area is 94.3 Å². The van der Waals surface area contributed by atoms with Crippen LogP contribution < -0.4 is 0 Å². The van der Waals surface area contributed by atoms with Gasteiger partial charge in [0.1, 0.15) is 0 Å². The lowest BCUT2D eigenvalue weighted by Crippen LogP contribution is -1.95. The average Bonchev–Trinajstić information content (AvgIpc) is 2.15. The number of nitriles is 1. The summed E-state index contributed by atoms with van der Waals surface area (Å²) in [6, 6.07) is 7.53. The summed E-state index contributed by atoms with van der Waals surface area (Å²) < 4.78 is 0. The van der Waals surface area contributed by atoms with Crippen molar-refractivity contribution in [3.63, 3.8) is 0 Å². The molecule has 0 aliphatic carbocycles. The average molecular weight is 228 g/mol. The van der Waals surface area contributed by atoms with Gasteiger partial charge in [0.05, 0.1) is 12.0 Å². The standard InChI is InChI=1S/C11H11Cl2N/c1-2-3-8(7-14)10-5-4-9(12)6-11(10)13/h4-6,8H,2-3H2,1H3. The first-order chi connectivity index (χ1) is 6.69. The SMILES string of the molecule is CCCC(C#N)c1ccc(Cl)cc1Cl. The molecule has 1 aromatic rings. The number of nitrogens with zero attached hydrogens (tertiary/aromatic N) is 1. The van der Waals surface area contributed by atoms with Crippen LogP contribution in [0.2, 0.25) is 10.0 Å². The Morgan fingerprint density at radius 3 is 2.64 bits per heavy atom. The first-order valence-electron chi connectivity index (χ1n) is 4.53. The summed E-state index contributed by atoms with van der Waals surface area (Å²) in [5.41, 5.74) is 0.875. The maximum atomic E-state index is 8.96. The van der Waals surface area contributed by atoms with E-state index in [9.17, 15) is 0 Å². The van der Waals surface area contributed by atoms with E-state index in [1.807, 2.05) is 13.0 Å². The highest BCUT2D eigenvalue weighted by Crippen LogP contribution is 2.29. The van der Waals surface area contributed by atoms with E-state index in [1.165, 1.54) is 0 Å². The van der Waals surface area contributed by atoms with Gasteiger partial charge in [0.15, 0.2) is 0 Å². The topological polar surface area (TPSA) is 23.8 Å². The van der Waals surface area contributed by atoms with Gasteiger partial charge in [-0.2, -0.15) is 5.26 Å². The number of rotatable bonds is 3. The molecule has 3 heteroatoms. The van der Waals surface area contributed by atoms with Crippen LogP contribution in [0.1, 0.15) is 31.2 Å². The molecule has 0 fully saturated rings. The zero-order chi connectivity index (χ0) is 10.6. The molecule has 1 nitrogen and oxygen atoms in total. The molecule has 14 heavy (non-hydrogen) atoms. The molecule has 0 saturated carbocycles. The largest absolute Gasteiger partial charge is 0.198 e. The van der Waals surface area contributed by atoms with Crippen LogP contribution in [-0.2, 0) is 0 Å². The first-order valence-corrected chi connectivity index (χ1v) is 5.29. The molecule has 1 aromatic carbocycles. The molecular weight excluding hydrogens is 217 g/mol. The Morgan fingerprint density at radius 2 is 2.14 bits per heavy atom. The van der Waals surface area contributed by atoms with E-state index in [0.29, 0.717) is 10.0 Å². The van der Waals surface area contributed by atoms with Crippen molar-refractivity contribution in [2.45, 2.75) is 25.7 Å². The van der Waals surface area contributed by atoms with Gasteiger partial charge in [0.2, 0.25) is 0 Å². The fraction of sp³-hybridized carbons (Fsp3) is 0.364. The summed E-state index contributed by atoms with van der Waals surface area (Å²) >= 11 is 11.8. The summed E-state index contributed by atoms with van der Waals surface area (Å²) in [4.78, 5) is 0. The van der Waals surface area contributed by atoms with E-state index in [-0.39, 0.29) is 5.92 Å². The van der Waals surface area contributed by atoms with E-state index in [0.717, 1.165) is 18.4 Å². The third-order valence-corrected chi connectivity index (χ3v) is 2.63. The highest BCUT2D eigenvalue weighted by molar-refractivity contribution is 6.35. The zero-order valence-corrected chi connectivity index (χ0v) is 9.44. The second-order valence-electron chi connectivity index (χ2n) is 3.14. The lowest BCUT2D eigenvalue weighted by Gasteiger charge is -2.09. The van der Waals surface area contributed by atoms with Crippen molar-refractivity contribution < 1.29 is 0 Å². The molecule has 0 aliphatic rings. The summed E-state index contributed by atoms with van der Waals surface area (Å²) in [5.74, 6) is -0.121. The first kappa shape index (κ1) is 11.4. The molecule has 0 N–H and O–H groups in total. The predicted molar refractivity (Wildman–Crippen MR) is 59.7 cm³/mol. The monoisotopic (exact) mass is 227 g/mol. The molecule has 0 radical (unpaired) electrons. The number of benzene rings is 1. The fourth-order valence-corrected chi connectivity index (χ4v) is 1.90. The molecule has 74 valence electrons. The van der Waals surface area contributed by atoms with Crippen LogP contribution in [0.5, 0.6) is 0 Å². The van der Waals surface area contributed by atoms with Crippen molar-refractivity contribution >= 4 is 23.2 Å². The molecule has 1 rings (SSSR count). The second kappa shape index (κ2) is 5.24. The van der Waals surface area contributed by atoms with E-state index in [2.05, 4.69) is 6.07 Å². The molecule has 0 spiro atoms. The van der Waals surface area contributed by atoms with Crippen molar-refractivity contribution in [2.24, 2.45) is 0 Å². The van der Waals surface area contributed by atoms with Gasteiger partial charge in [-0.05, 0) is 24.1 Å². The molecule has 1 atom stereocenters. The van der Waals surface area contributed by atoms with Gasteiger partial charge in [-0.1, -0.05) is 42.6 Å². The molecule has 1 unspecified atom stereocenters. The quantitative estimate of drug-likeness (QED) is 0.752. The minimum absolute atomic E-state index is 0.121. The Hall–Kier alpha value is -0.710. The summed E-state index contributed by atoms with van der Waals surface area (Å²) in [7, 11) is 0. The smallest absolute Gasteiger partial charge is 0.0727 e. The van der Waals surface area contributed by atoms with Crippen molar-refractivity contribution in [1.29, 1.82) is 5.26 Å². The van der Waals surface area contributed by atoms with Gasteiger partial charge >= 0.3 is 0 Å². The number of hydrogen-bond donors (Lipinski definition) is 0. The van der Waals surface area contributed by atoms with Crippen LogP contribution in [0.25, 0.3) is 0 Å². The Morgan fingerprint density at radius 1 is 1.43 bits per heavy atom. The molecule has 0 bridgehead atoms. The molecule has 0 heterocycles. The highest BCUT2D eigenvalue weighted by Gasteiger charge is 2.12. The Kier molecular flexibility index (Phi) is 4.25. The maximum absolute atomic E-state index is 8.96. The van der Waals surface area contributed by atoms with Crippen LogP contribution in [0.15, 0.2) is 18.2 Å². The van der Waals surface area contributed by atoms with Crippen molar-refractivity contribution in [3.8, 4) is 6.07 Å². The molecule has 0 amide bonds. The molecular formula is C11H11Cl2N. The van der Waals surface area contributed by atoms with Crippen LogP contribution in [-0.4, -0.2) is 0 Å². The van der Waals surface area contributed by atoms with Gasteiger partial charge in [-0.15, -0.1) is 0 Å². The third kappa shape index (κ3) is 2.64. The zero-order valence-electron chi connectivity index (χ0n) is 7.93. The lowest BCUT2D eigenvalue weighted by molar-refractivity contribution is 0.727. The van der Waals surface area contributed by atoms with Gasteiger partial charge in [-0.3, -0.25) is 0 Å². The van der Waals surface area contributed by atoms with Gasteiger partial charge in [0.25, 0.3) is 0 Å². The number of hydrogen-bond acceptors (Lipinski definition) is 1. The van der Waals surface area contributed by atoms with Crippen LogP contribution in [0.4, 0.5) is 0 Å². The van der Waals surface area contributed by atoms with Crippen LogP contribution in [0.3, 0.4) is 0 Å². The van der Waals surface area contributed by atoms with Gasteiger partial charge in [-0.25, -0.2) is 0 Å². The summed E-state index contributed by atoms with van der Waals surface area (Å²) in [6.07, 6.45) is 1.80. The molecule has 0 aliphatic heterocycles. The van der Waals surface area contributed by atoms with Crippen LogP contribution in [0, 0.1) is 11.3 Å². The minimum Gasteiger partial charge on any atom is -0.198 e. The normalized spacial score (nSPS) is 12.1. The van der Waals surface area contributed by atoms with Crippen molar-refractivity contribution in [2.75, 3.05) is 0 Å². The lowest BCUT2D eigenvalue weighted by atomic mass is 9.96. The minimum atomic E-state index is -0.121. The van der Waals surface area contributed by atoms with Crippen LogP contribution >= 0.6 is 23.2 Å². The van der Waals surface area contributed by atoms with Crippen molar-refractivity contribution in [1.82, 2.24) is 0 Å². The van der Waals surface area contributed by atoms with E-state index < -0.39 is 0 Å². The highest BCUT2D eigenvalue weighted by atomic mass is 35.5. The fourth-order valence-electron chi connectivity index (χ4n) is 1.36. The predicted octanol–water partition coefficient (Wildman–Crippen LogP) is 4.40. The molecule has 0 saturated heterocycles. The third-order valence-electron chi connectivity index (χ3n) is 2.07. The number of halogens is 2. The van der Waals surface area contributed by atoms with E-state index in [4.69, 9.17) is 28.5 Å². The summed E-state index contributed by atoms with van der Waals surface area (Å²) in [6.45, 7) is 2.05. The summed E-state index contributed by atoms with van der Waals surface area (Å²) in [5, 5.41) is 10.1. The van der Waals surface area contributed by atoms with Crippen molar-refractivity contribution in [3.05, 3.63) is 33.8 Å². The van der Waals surface area contributed by atoms with Gasteiger partial charge < -0.3 is 0 Å². The Balaban J connectivity index is 3.00. The van der Waals surface area contributed by atoms with Gasteiger partial charge in [0, 0.05) is 10.0 Å². The second-order valence-corrected chi connectivity index (χ2v) is 3.98. The van der Waals surface area contributed by atoms with E-state index >= 15 is 0 Å². The Bertz CT molecular complexity index is 355.